The molecule has 0 saturated heterocycles. The van der Waals surface area contributed by atoms with E-state index in [1.165, 1.54) is 0 Å². The highest BCUT2D eigenvalue weighted by Crippen LogP contribution is 2.34. The molecule has 0 saturated carbocycles. The molecule has 1 amide bonds. The van der Waals surface area contributed by atoms with E-state index in [4.69, 9.17) is 9.47 Å². The average molecular weight is 382 g/mol. The minimum atomic E-state index is -4.56. The van der Waals surface area contributed by atoms with Crippen molar-refractivity contribution < 1.29 is 27.4 Å². The Labute approximate surface area is 152 Å². The van der Waals surface area contributed by atoms with Crippen LogP contribution in [0.25, 0.3) is 0 Å². The van der Waals surface area contributed by atoms with Crippen LogP contribution >= 0.6 is 0 Å². The minimum Gasteiger partial charge on any atom is -0.454 e. The summed E-state index contributed by atoms with van der Waals surface area (Å²) >= 11 is 0. The standard InChI is InChI=1S/C17H17F3N4O3/c1-10-15-21-22-16(17(18,19)20)24(15)7-6-23(10)14(25)5-3-11-2-4-12-13(8-11)27-9-26-12/h2,4,8,10H,3,5-7,9H2,1H3. The number of hydrogen-bond acceptors (Lipinski definition) is 5. The second kappa shape index (κ2) is 6.43. The maximum absolute atomic E-state index is 13.0. The number of aromatic nitrogens is 3. The van der Waals surface area contributed by atoms with Gasteiger partial charge in [0.15, 0.2) is 17.3 Å². The molecule has 0 aliphatic carbocycles. The van der Waals surface area contributed by atoms with Crippen LogP contribution in [0.1, 0.15) is 36.6 Å². The molecule has 4 rings (SSSR count). The first-order chi connectivity index (χ1) is 12.8. The molecule has 27 heavy (non-hydrogen) atoms. The largest absolute Gasteiger partial charge is 0.454 e. The lowest BCUT2D eigenvalue weighted by Crippen LogP contribution is -2.42. The normalized spacial score (nSPS) is 18.5. The zero-order chi connectivity index (χ0) is 19.2. The van der Waals surface area contributed by atoms with Gasteiger partial charge in [0, 0.05) is 19.5 Å². The molecule has 3 heterocycles. The molecular weight excluding hydrogens is 365 g/mol. The van der Waals surface area contributed by atoms with E-state index in [2.05, 4.69) is 10.2 Å². The molecule has 1 aromatic carbocycles. The summed E-state index contributed by atoms with van der Waals surface area (Å²) in [5.41, 5.74) is 0.930. The van der Waals surface area contributed by atoms with Gasteiger partial charge in [0.2, 0.25) is 18.5 Å². The van der Waals surface area contributed by atoms with Gasteiger partial charge in [0.25, 0.3) is 0 Å². The molecule has 1 aromatic heterocycles. The Kier molecular flexibility index (Phi) is 4.20. The van der Waals surface area contributed by atoms with Crippen LogP contribution in [0.2, 0.25) is 0 Å². The molecule has 2 aliphatic rings. The van der Waals surface area contributed by atoms with Crippen LogP contribution in [-0.4, -0.2) is 38.9 Å². The fourth-order valence-electron chi connectivity index (χ4n) is 3.43. The van der Waals surface area contributed by atoms with Crippen molar-refractivity contribution >= 4 is 5.91 Å². The highest BCUT2D eigenvalue weighted by molar-refractivity contribution is 5.77. The number of amides is 1. The zero-order valence-corrected chi connectivity index (χ0v) is 14.5. The molecule has 10 heteroatoms. The second-order valence-corrected chi connectivity index (χ2v) is 6.48. The first kappa shape index (κ1) is 17.6. The van der Waals surface area contributed by atoms with Gasteiger partial charge in [-0.1, -0.05) is 6.07 Å². The number of carbonyl (C=O) groups excluding carboxylic acids is 1. The number of nitrogens with zero attached hydrogens (tertiary/aromatic N) is 4. The molecule has 0 spiro atoms. The van der Waals surface area contributed by atoms with Crippen LogP contribution in [-0.2, 0) is 23.9 Å². The van der Waals surface area contributed by atoms with E-state index in [0.717, 1.165) is 10.1 Å². The van der Waals surface area contributed by atoms with E-state index < -0.39 is 18.0 Å². The SMILES string of the molecule is CC1c2nnc(C(F)(F)F)n2CCN1C(=O)CCc1ccc2c(c1)OCO2. The molecule has 144 valence electrons. The monoisotopic (exact) mass is 382 g/mol. The van der Waals surface area contributed by atoms with Gasteiger partial charge in [0.1, 0.15) is 0 Å². The van der Waals surface area contributed by atoms with Gasteiger partial charge < -0.3 is 18.9 Å². The Bertz CT molecular complexity index is 881. The molecule has 7 nitrogen and oxygen atoms in total. The Morgan fingerprint density at radius 3 is 2.78 bits per heavy atom. The van der Waals surface area contributed by atoms with Crippen molar-refractivity contribution in [3.05, 3.63) is 35.4 Å². The van der Waals surface area contributed by atoms with E-state index >= 15 is 0 Å². The summed E-state index contributed by atoms with van der Waals surface area (Å²) in [6, 6.07) is 4.94. The van der Waals surface area contributed by atoms with E-state index in [1.807, 2.05) is 12.1 Å². The van der Waals surface area contributed by atoms with Crippen molar-refractivity contribution in [2.75, 3.05) is 13.3 Å². The lowest BCUT2D eigenvalue weighted by Gasteiger charge is -2.34. The zero-order valence-electron chi connectivity index (χ0n) is 14.5. The van der Waals surface area contributed by atoms with Gasteiger partial charge >= 0.3 is 6.18 Å². The number of ether oxygens (including phenoxy) is 2. The molecule has 1 atom stereocenters. The maximum atomic E-state index is 13.0. The van der Waals surface area contributed by atoms with Gasteiger partial charge in [-0.2, -0.15) is 13.2 Å². The van der Waals surface area contributed by atoms with E-state index in [0.29, 0.717) is 17.9 Å². The summed E-state index contributed by atoms with van der Waals surface area (Å²) in [5, 5.41) is 6.93. The Hall–Kier alpha value is -2.78. The molecule has 1 unspecified atom stereocenters. The lowest BCUT2D eigenvalue weighted by atomic mass is 10.1. The predicted molar refractivity (Wildman–Crippen MR) is 86.0 cm³/mol. The third-order valence-corrected chi connectivity index (χ3v) is 4.82. The number of fused-ring (bicyclic) bond motifs is 2. The molecule has 2 aromatic rings. The van der Waals surface area contributed by atoms with E-state index in [9.17, 15) is 18.0 Å². The summed E-state index contributed by atoms with van der Waals surface area (Å²) in [4.78, 5) is 14.2. The predicted octanol–water partition coefficient (Wildman–Crippen LogP) is 2.56. The molecule has 0 radical (unpaired) electrons. The maximum Gasteiger partial charge on any atom is 0.451 e. The smallest absolute Gasteiger partial charge is 0.451 e. The second-order valence-electron chi connectivity index (χ2n) is 6.48. The average Bonchev–Trinajstić information content (AvgIpc) is 3.26. The van der Waals surface area contributed by atoms with E-state index in [-0.39, 0.29) is 38.0 Å². The van der Waals surface area contributed by atoms with Crippen molar-refractivity contribution in [2.24, 2.45) is 0 Å². The Morgan fingerprint density at radius 2 is 2.00 bits per heavy atom. The first-order valence-electron chi connectivity index (χ1n) is 8.53. The summed E-state index contributed by atoms with van der Waals surface area (Å²) in [6.45, 7) is 2.06. The third-order valence-electron chi connectivity index (χ3n) is 4.82. The Morgan fingerprint density at radius 1 is 1.22 bits per heavy atom. The van der Waals surface area contributed by atoms with Crippen LogP contribution in [0.15, 0.2) is 18.2 Å². The fraction of sp³-hybridized carbons (Fsp3) is 0.471. The van der Waals surface area contributed by atoms with Crippen LogP contribution in [0.4, 0.5) is 13.2 Å². The number of carbonyl (C=O) groups is 1. The highest BCUT2D eigenvalue weighted by atomic mass is 19.4. The van der Waals surface area contributed by atoms with Crippen LogP contribution in [0, 0.1) is 0 Å². The first-order valence-corrected chi connectivity index (χ1v) is 8.53. The third kappa shape index (κ3) is 3.19. The van der Waals surface area contributed by atoms with Crippen molar-refractivity contribution in [2.45, 2.75) is 38.5 Å². The van der Waals surface area contributed by atoms with Gasteiger partial charge in [-0.3, -0.25) is 4.79 Å². The summed E-state index contributed by atoms with van der Waals surface area (Å²) in [7, 11) is 0. The minimum absolute atomic E-state index is 0.0251. The number of benzene rings is 1. The quantitative estimate of drug-likeness (QED) is 0.816. The van der Waals surface area contributed by atoms with Crippen LogP contribution < -0.4 is 9.47 Å². The van der Waals surface area contributed by atoms with Gasteiger partial charge in [0.05, 0.1) is 6.04 Å². The van der Waals surface area contributed by atoms with Crippen molar-refractivity contribution in [1.29, 1.82) is 0 Å². The lowest BCUT2D eigenvalue weighted by molar-refractivity contribution is -0.148. The number of alkyl halides is 3. The molecule has 0 fully saturated rings. The van der Waals surface area contributed by atoms with Crippen molar-refractivity contribution in [3.63, 3.8) is 0 Å². The van der Waals surface area contributed by atoms with Gasteiger partial charge in [-0.25, -0.2) is 0 Å². The molecular formula is C17H17F3N4O3. The fourth-order valence-corrected chi connectivity index (χ4v) is 3.43. The molecule has 0 N–H and O–H groups in total. The summed E-state index contributed by atoms with van der Waals surface area (Å²) < 4.78 is 50.5. The van der Waals surface area contributed by atoms with Crippen LogP contribution in [0.3, 0.4) is 0 Å². The van der Waals surface area contributed by atoms with E-state index in [1.54, 1.807) is 17.9 Å². The summed E-state index contributed by atoms with van der Waals surface area (Å²) in [6.07, 6.45) is -3.82. The Balaban J connectivity index is 1.43. The van der Waals surface area contributed by atoms with Crippen molar-refractivity contribution in [1.82, 2.24) is 19.7 Å². The molecule has 2 aliphatic heterocycles. The number of halogens is 3. The van der Waals surface area contributed by atoms with Gasteiger partial charge in [-0.15, -0.1) is 10.2 Å². The topological polar surface area (TPSA) is 69.5 Å². The highest BCUT2D eigenvalue weighted by Gasteiger charge is 2.41. The van der Waals surface area contributed by atoms with Crippen molar-refractivity contribution in [3.8, 4) is 11.5 Å². The summed E-state index contributed by atoms with van der Waals surface area (Å²) in [5.74, 6) is 0.332. The van der Waals surface area contributed by atoms with Crippen LogP contribution in [0.5, 0.6) is 11.5 Å². The van der Waals surface area contributed by atoms with Gasteiger partial charge in [-0.05, 0) is 31.0 Å². The number of hydrogen-bond donors (Lipinski definition) is 0. The molecule has 0 bridgehead atoms. The number of rotatable bonds is 3. The number of aryl methyl sites for hydroxylation is 1.